The van der Waals surface area contributed by atoms with Gasteiger partial charge in [0.2, 0.25) is 5.91 Å². The summed E-state index contributed by atoms with van der Waals surface area (Å²) in [5.41, 5.74) is 0.126. The summed E-state index contributed by atoms with van der Waals surface area (Å²) in [6.07, 6.45) is -0.185. The zero-order valence-corrected chi connectivity index (χ0v) is 21.9. The summed E-state index contributed by atoms with van der Waals surface area (Å²) >= 11 is 0. The zero-order valence-electron chi connectivity index (χ0n) is 21.9. The molecule has 2 atom stereocenters. The third-order valence-electron chi connectivity index (χ3n) is 5.91. The fourth-order valence-corrected chi connectivity index (χ4v) is 4.01. The number of hydrogen-bond donors (Lipinski definition) is 3. The van der Waals surface area contributed by atoms with Gasteiger partial charge in [-0.15, -0.1) is 0 Å². The van der Waals surface area contributed by atoms with Gasteiger partial charge in [-0.1, -0.05) is 55.5 Å². The van der Waals surface area contributed by atoms with E-state index in [9.17, 15) is 19.5 Å². The number of carbonyl (C=O) groups excluding carboxylic acids is 3. The van der Waals surface area contributed by atoms with Gasteiger partial charge in [-0.2, -0.15) is 0 Å². The van der Waals surface area contributed by atoms with E-state index in [2.05, 4.69) is 10.6 Å². The molecule has 0 radical (unpaired) electrons. The standard InChI is InChI=1S/C29H35N3O5/c1-6-19(2)32(25(34)18-30-28(36)37-29(3,4)5)26(23-13-9-10-14-24(23)33)27(35)31-22-16-15-20-11-7-8-12-21(20)17-22/h7-17,19,26,33H,6,18H2,1-5H3,(H,30,36)(H,31,35). The third-order valence-corrected chi connectivity index (χ3v) is 5.91. The number of alkyl carbamates (subject to hydrolysis) is 1. The van der Waals surface area contributed by atoms with Crippen LogP contribution < -0.4 is 10.6 Å². The van der Waals surface area contributed by atoms with Gasteiger partial charge in [0.1, 0.15) is 23.9 Å². The van der Waals surface area contributed by atoms with Gasteiger partial charge in [-0.25, -0.2) is 4.79 Å². The van der Waals surface area contributed by atoms with Crippen molar-refractivity contribution in [3.05, 3.63) is 72.3 Å². The number of amides is 3. The second-order valence-electron chi connectivity index (χ2n) is 9.93. The van der Waals surface area contributed by atoms with E-state index in [4.69, 9.17) is 4.74 Å². The molecule has 0 spiro atoms. The average molecular weight is 506 g/mol. The van der Waals surface area contributed by atoms with Crippen LogP contribution in [0.2, 0.25) is 0 Å². The summed E-state index contributed by atoms with van der Waals surface area (Å²) in [4.78, 5) is 40.8. The molecule has 3 amide bonds. The monoisotopic (exact) mass is 505 g/mol. The van der Waals surface area contributed by atoms with Gasteiger partial charge in [-0.3, -0.25) is 9.59 Å². The topological polar surface area (TPSA) is 108 Å². The van der Waals surface area contributed by atoms with Crippen molar-refractivity contribution < 1.29 is 24.2 Å². The molecule has 8 nitrogen and oxygen atoms in total. The first-order valence-corrected chi connectivity index (χ1v) is 12.4. The maximum absolute atomic E-state index is 13.8. The van der Waals surface area contributed by atoms with Crippen molar-refractivity contribution >= 4 is 34.4 Å². The lowest BCUT2D eigenvalue weighted by Crippen LogP contribution is -2.50. The van der Waals surface area contributed by atoms with Crippen molar-refractivity contribution in [3.8, 4) is 5.75 Å². The lowest BCUT2D eigenvalue weighted by atomic mass is 10.00. The largest absolute Gasteiger partial charge is 0.508 e. The van der Waals surface area contributed by atoms with Crippen LogP contribution in [0.1, 0.15) is 52.6 Å². The van der Waals surface area contributed by atoms with Gasteiger partial charge >= 0.3 is 6.09 Å². The quantitative estimate of drug-likeness (QED) is 0.381. The fourth-order valence-electron chi connectivity index (χ4n) is 4.01. The number of phenols is 1. The maximum atomic E-state index is 13.8. The molecule has 0 aliphatic carbocycles. The molecule has 3 rings (SSSR count). The number of para-hydroxylation sites is 1. The molecular formula is C29H35N3O5. The van der Waals surface area contributed by atoms with Crippen LogP contribution in [0, 0.1) is 0 Å². The van der Waals surface area contributed by atoms with Crippen molar-refractivity contribution in [1.29, 1.82) is 0 Å². The van der Waals surface area contributed by atoms with Crippen LogP contribution in [0.25, 0.3) is 10.8 Å². The van der Waals surface area contributed by atoms with Crippen molar-refractivity contribution in [3.63, 3.8) is 0 Å². The molecular weight excluding hydrogens is 470 g/mol. The molecule has 0 aliphatic heterocycles. The summed E-state index contributed by atoms with van der Waals surface area (Å²) in [7, 11) is 0. The molecule has 0 saturated heterocycles. The number of rotatable bonds is 8. The molecule has 37 heavy (non-hydrogen) atoms. The van der Waals surface area contributed by atoms with E-state index < -0.39 is 29.6 Å². The van der Waals surface area contributed by atoms with E-state index >= 15 is 0 Å². The number of anilines is 1. The highest BCUT2D eigenvalue weighted by Crippen LogP contribution is 2.32. The number of benzene rings is 3. The molecule has 0 bridgehead atoms. The van der Waals surface area contributed by atoms with E-state index in [0.717, 1.165) is 10.8 Å². The minimum atomic E-state index is -1.14. The number of phenolic OH excluding ortho intramolecular Hbond substituents is 1. The number of hydrogen-bond acceptors (Lipinski definition) is 5. The number of nitrogens with one attached hydrogen (secondary N) is 2. The number of ether oxygens (including phenoxy) is 1. The van der Waals surface area contributed by atoms with E-state index in [-0.39, 0.29) is 23.9 Å². The van der Waals surface area contributed by atoms with Gasteiger partial charge in [0, 0.05) is 17.3 Å². The van der Waals surface area contributed by atoms with E-state index in [1.54, 1.807) is 45.0 Å². The lowest BCUT2D eigenvalue weighted by Gasteiger charge is -2.36. The Hall–Kier alpha value is -4.07. The Morgan fingerprint density at radius 3 is 2.27 bits per heavy atom. The van der Waals surface area contributed by atoms with Gasteiger partial charge in [0.25, 0.3) is 5.91 Å². The van der Waals surface area contributed by atoms with E-state index in [1.165, 1.54) is 11.0 Å². The molecule has 8 heteroatoms. The number of fused-ring (bicyclic) bond motifs is 1. The highest BCUT2D eigenvalue weighted by Gasteiger charge is 2.36. The number of carbonyl (C=O) groups is 3. The molecule has 196 valence electrons. The van der Waals surface area contributed by atoms with E-state index in [0.29, 0.717) is 12.1 Å². The lowest BCUT2D eigenvalue weighted by molar-refractivity contribution is -0.140. The highest BCUT2D eigenvalue weighted by atomic mass is 16.6. The van der Waals surface area contributed by atoms with Crippen molar-refractivity contribution in [1.82, 2.24) is 10.2 Å². The second-order valence-corrected chi connectivity index (χ2v) is 9.93. The van der Waals surface area contributed by atoms with Crippen LogP contribution >= 0.6 is 0 Å². The van der Waals surface area contributed by atoms with Crippen LogP contribution in [0.15, 0.2) is 66.7 Å². The Morgan fingerprint density at radius 1 is 0.973 bits per heavy atom. The molecule has 3 N–H and O–H groups in total. The van der Waals surface area contributed by atoms with Gasteiger partial charge < -0.3 is 25.4 Å². The second kappa shape index (κ2) is 11.8. The number of aromatic hydroxyl groups is 1. The summed E-state index contributed by atoms with van der Waals surface area (Å²) in [6.45, 7) is 8.53. The van der Waals surface area contributed by atoms with Crippen LogP contribution in [0.3, 0.4) is 0 Å². The van der Waals surface area contributed by atoms with Crippen molar-refractivity contribution in [2.45, 2.75) is 58.7 Å². The molecule has 2 unspecified atom stereocenters. The predicted molar refractivity (Wildman–Crippen MR) is 144 cm³/mol. The summed E-state index contributed by atoms with van der Waals surface area (Å²) in [5.74, 6) is -1.08. The molecule has 0 heterocycles. The average Bonchev–Trinajstić information content (AvgIpc) is 2.85. The summed E-state index contributed by atoms with van der Waals surface area (Å²) < 4.78 is 5.24. The third kappa shape index (κ3) is 7.22. The molecule has 0 saturated carbocycles. The first-order valence-electron chi connectivity index (χ1n) is 12.4. The Balaban J connectivity index is 1.94. The van der Waals surface area contributed by atoms with Gasteiger partial charge in [0.15, 0.2) is 0 Å². The Bertz CT molecular complexity index is 1270. The predicted octanol–water partition coefficient (Wildman–Crippen LogP) is 5.38. The zero-order chi connectivity index (χ0) is 27.2. The summed E-state index contributed by atoms with van der Waals surface area (Å²) in [6, 6.07) is 18.3. The minimum absolute atomic E-state index is 0.109. The molecule has 3 aromatic carbocycles. The molecule has 0 aliphatic rings. The summed E-state index contributed by atoms with van der Waals surface area (Å²) in [5, 5.41) is 18.0. The molecule has 0 fully saturated rings. The Kier molecular flexibility index (Phi) is 8.76. The first kappa shape index (κ1) is 27.5. The fraction of sp³-hybridized carbons (Fsp3) is 0.345. The SMILES string of the molecule is CCC(C)N(C(=O)CNC(=O)OC(C)(C)C)C(C(=O)Nc1ccc2ccccc2c1)c1ccccc1O. The molecule has 0 aromatic heterocycles. The van der Waals surface area contributed by atoms with E-state index in [1.807, 2.05) is 50.2 Å². The molecule has 3 aromatic rings. The van der Waals surface area contributed by atoms with Crippen molar-refractivity contribution in [2.75, 3.05) is 11.9 Å². The van der Waals surface area contributed by atoms with Gasteiger partial charge in [-0.05, 0) is 63.1 Å². The minimum Gasteiger partial charge on any atom is -0.508 e. The Labute approximate surface area is 217 Å². The van der Waals surface area contributed by atoms with Gasteiger partial charge in [0.05, 0.1) is 0 Å². The first-order chi connectivity index (χ1) is 17.5. The van der Waals surface area contributed by atoms with Crippen LogP contribution in [-0.4, -0.2) is 46.1 Å². The smallest absolute Gasteiger partial charge is 0.408 e. The van der Waals surface area contributed by atoms with Crippen LogP contribution in [-0.2, 0) is 14.3 Å². The Morgan fingerprint density at radius 2 is 1.62 bits per heavy atom. The van der Waals surface area contributed by atoms with Crippen LogP contribution in [0.5, 0.6) is 5.75 Å². The van der Waals surface area contributed by atoms with Crippen molar-refractivity contribution in [2.24, 2.45) is 0 Å². The highest BCUT2D eigenvalue weighted by molar-refractivity contribution is 6.00. The maximum Gasteiger partial charge on any atom is 0.408 e. The number of nitrogens with zero attached hydrogens (tertiary/aromatic N) is 1. The normalized spacial score (nSPS) is 12.9. The van der Waals surface area contributed by atoms with Crippen LogP contribution in [0.4, 0.5) is 10.5 Å².